The van der Waals surface area contributed by atoms with Gasteiger partial charge in [0, 0.05) is 18.5 Å². The SMILES string of the molecule is CN(C[C@@](C)(N=[N+]=[N-])C(=O)O)C(=O)OC(C)(C)C. The van der Waals surface area contributed by atoms with Crippen LogP contribution in [0.2, 0.25) is 0 Å². The predicted molar refractivity (Wildman–Crippen MR) is 64.1 cm³/mol. The summed E-state index contributed by atoms with van der Waals surface area (Å²) in [5.74, 6) is -1.31. The van der Waals surface area contributed by atoms with Crippen molar-refractivity contribution in [3.05, 3.63) is 10.4 Å². The molecule has 0 heterocycles. The van der Waals surface area contributed by atoms with E-state index in [2.05, 4.69) is 10.0 Å². The number of nitrogens with zero attached hydrogens (tertiary/aromatic N) is 4. The van der Waals surface area contributed by atoms with E-state index in [1.54, 1.807) is 20.8 Å². The fourth-order valence-corrected chi connectivity index (χ4v) is 1.11. The Kier molecular flexibility index (Phi) is 4.99. The molecule has 1 amide bonds. The molecule has 0 unspecified atom stereocenters. The van der Waals surface area contributed by atoms with Crippen LogP contribution in [0, 0.1) is 0 Å². The number of carbonyl (C=O) groups is 2. The van der Waals surface area contributed by atoms with Gasteiger partial charge in [-0.2, -0.15) is 0 Å². The van der Waals surface area contributed by atoms with Gasteiger partial charge >= 0.3 is 12.1 Å². The molecule has 0 aromatic carbocycles. The van der Waals surface area contributed by atoms with Gasteiger partial charge in [-0.1, -0.05) is 5.11 Å². The first kappa shape index (κ1) is 16.1. The Hall–Kier alpha value is -1.95. The van der Waals surface area contributed by atoms with Crippen molar-refractivity contribution in [1.82, 2.24) is 4.90 Å². The third-order valence-corrected chi connectivity index (χ3v) is 1.98. The lowest BCUT2D eigenvalue weighted by Gasteiger charge is -2.28. The molecule has 0 radical (unpaired) electrons. The van der Waals surface area contributed by atoms with Gasteiger partial charge in [-0.05, 0) is 33.2 Å². The molecule has 0 saturated heterocycles. The number of hydrogen-bond donors (Lipinski definition) is 1. The Morgan fingerprint density at radius 2 is 1.89 bits per heavy atom. The van der Waals surface area contributed by atoms with Crippen LogP contribution in [-0.4, -0.2) is 46.8 Å². The molecular formula is C10H18N4O4. The Labute approximate surface area is 105 Å². The van der Waals surface area contributed by atoms with Gasteiger partial charge in [0.05, 0.1) is 0 Å². The van der Waals surface area contributed by atoms with Gasteiger partial charge < -0.3 is 14.7 Å². The molecular weight excluding hydrogens is 240 g/mol. The maximum absolute atomic E-state index is 11.6. The van der Waals surface area contributed by atoms with E-state index >= 15 is 0 Å². The normalized spacial score (nSPS) is 14.1. The number of rotatable bonds is 4. The highest BCUT2D eigenvalue weighted by Crippen LogP contribution is 2.15. The topological polar surface area (TPSA) is 116 Å². The Balaban J connectivity index is 4.82. The second-order valence-corrected chi connectivity index (χ2v) is 5.10. The van der Waals surface area contributed by atoms with Gasteiger partial charge in [0.25, 0.3) is 0 Å². The second kappa shape index (κ2) is 5.59. The lowest BCUT2D eigenvalue weighted by Crippen LogP contribution is -2.47. The number of azide groups is 1. The molecule has 102 valence electrons. The molecule has 0 aliphatic rings. The second-order valence-electron chi connectivity index (χ2n) is 5.10. The zero-order valence-electron chi connectivity index (χ0n) is 11.2. The van der Waals surface area contributed by atoms with Crippen molar-refractivity contribution in [1.29, 1.82) is 0 Å². The molecule has 0 rings (SSSR count). The first-order valence-electron chi connectivity index (χ1n) is 5.25. The number of carboxylic acids is 1. The molecule has 8 heteroatoms. The minimum Gasteiger partial charge on any atom is -0.481 e. The maximum atomic E-state index is 11.6. The first-order chi connectivity index (χ1) is 8.02. The van der Waals surface area contributed by atoms with E-state index in [9.17, 15) is 9.59 Å². The molecule has 8 nitrogen and oxygen atoms in total. The molecule has 0 saturated carbocycles. The van der Waals surface area contributed by atoms with E-state index in [1.807, 2.05) is 0 Å². The highest BCUT2D eigenvalue weighted by molar-refractivity contribution is 5.80. The van der Waals surface area contributed by atoms with Crippen LogP contribution in [0.25, 0.3) is 10.4 Å². The summed E-state index contributed by atoms with van der Waals surface area (Å²) in [6.45, 7) is 6.05. The number of likely N-dealkylation sites (N-methyl/N-ethyl adjacent to an activating group) is 1. The third kappa shape index (κ3) is 4.92. The molecule has 1 N–H and O–H groups in total. The molecule has 0 spiro atoms. The van der Waals surface area contributed by atoms with Gasteiger partial charge in [0.15, 0.2) is 5.54 Å². The number of amides is 1. The minimum atomic E-state index is -1.72. The summed E-state index contributed by atoms with van der Waals surface area (Å²) in [6.07, 6.45) is -0.678. The zero-order valence-corrected chi connectivity index (χ0v) is 11.2. The van der Waals surface area contributed by atoms with Crippen LogP contribution in [0.5, 0.6) is 0 Å². The summed E-state index contributed by atoms with van der Waals surface area (Å²) < 4.78 is 5.06. The Morgan fingerprint density at radius 3 is 2.22 bits per heavy atom. The van der Waals surface area contributed by atoms with E-state index in [0.717, 1.165) is 4.90 Å². The number of aliphatic carboxylic acids is 1. The fourth-order valence-electron chi connectivity index (χ4n) is 1.11. The lowest BCUT2D eigenvalue weighted by molar-refractivity contribution is -0.143. The molecule has 0 bridgehead atoms. The summed E-state index contributed by atoms with van der Waals surface area (Å²) in [6, 6.07) is 0. The molecule has 0 aromatic heterocycles. The summed E-state index contributed by atoms with van der Waals surface area (Å²) in [5, 5.41) is 12.2. The molecule has 0 fully saturated rings. The highest BCUT2D eigenvalue weighted by atomic mass is 16.6. The first-order valence-corrected chi connectivity index (χ1v) is 5.25. The van der Waals surface area contributed by atoms with Crippen LogP contribution in [0.4, 0.5) is 4.79 Å². The summed E-state index contributed by atoms with van der Waals surface area (Å²) in [4.78, 5) is 26.2. The quantitative estimate of drug-likeness (QED) is 0.471. The molecule has 0 aliphatic heterocycles. The average Bonchev–Trinajstić information content (AvgIpc) is 2.14. The van der Waals surface area contributed by atoms with Gasteiger partial charge in [-0.25, -0.2) is 4.79 Å². The number of carboxylic acid groups (broad SMARTS) is 1. The van der Waals surface area contributed by atoms with Gasteiger partial charge in [0.2, 0.25) is 0 Å². The number of hydrogen-bond acceptors (Lipinski definition) is 4. The lowest BCUT2D eigenvalue weighted by atomic mass is 10.0. The van der Waals surface area contributed by atoms with Crippen molar-refractivity contribution >= 4 is 12.1 Å². The van der Waals surface area contributed by atoms with E-state index in [4.69, 9.17) is 15.4 Å². The molecule has 0 aromatic rings. The van der Waals surface area contributed by atoms with Crippen LogP contribution in [-0.2, 0) is 9.53 Å². The van der Waals surface area contributed by atoms with Crippen LogP contribution in [0.1, 0.15) is 27.7 Å². The van der Waals surface area contributed by atoms with Gasteiger partial charge in [-0.3, -0.25) is 4.79 Å². The van der Waals surface area contributed by atoms with E-state index < -0.39 is 23.2 Å². The van der Waals surface area contributed by atoms with Crippen molar-refractivity contribution in [2.45, 2.75) is 38.8 Å². The van der Waals surface area contributed by atoms with Crippen LogP contribution in [0.15, 0.2) is 5.11 Å². The minimum absolute atomic E-state index is 0.276. The van der Waals surface area contributed by atoms with Crippen LogP contribution in [0.3, 0.4) is 0 Å². The zero-order chi connectivity index (χ0) is 14.6. The Morgan fingerprint density at radius 1 is 1.39 bits per heavy atom. The molecule has 18 heavy (non-hydrogen) atoms. The summed E-state index contributed by atoms with van der Waals surface area (Å²) in [7, 11) is 1.38. The summed E-state index contributed by atoms with van der Waals surface area (Å²) in [5.41, 5.74) is 5.95. The number of ether oxygens (including phenoxy) is 1. The van der Waals surface area contributed by atoms with Crippen molar-refractivity contribution < 1.29 is 19.4 Å². The van der Waals surface area contributed by atoms with Crippen LogP contribution >= 0.6 is 0 Å². The van der Waals surface area contributed by atoms with E-state index in [-0.39, 0.29) is 6.54 Å². The third-order valence-electron chi connectivity index (χ3n) is 1.98. The largest absolute Gasteiger partial charge is 0.481 e. The van der Waals surface area contributed by atoms with E-state index in [1.165, 1.54) is 14.0 Å². The van der Waals surface area contributed by atoms with Crippen molar-refractivity contribution in [2.24, 2.45) is 5.11 Å². The smallest absolute Gasteiger partial charge is 0.410 e. The van der Waals surface area contributed by atoms with Crippen molar-refractivity contribution in [3.63, 3.8) is 0 Å². The van der Waals surface area contributed by atoms with Gasteiger partial charge in [0.1, 0.15) is 5.60 Å². The summed E-state index contributed by atoms with van der Waals surface area (Å²) >= 11 is 0. The average molecular weight is 258 g/mol. The fraction of sp³-hybridized carbons (Fsp3) is 0.800. The molecule has 0 aliphatic carbocycles. The van der Waals surface area contributed by atoms with Crippen molar-refractivity contribution in [2.75, 3.05) is 13.6 Å². The maximum Gasteiger partial charge on any atom is 0.410 e. The highest BCUT2D eigenvalue weighted by Gasteiger charge is 2.35. The van der Waals surface area contributed by atoms with Gasteiger partial charge in [-0.15, -0.1) is 0 Å². The Bertz CT molecular complexity index is 380. The predicted octanol–water partition coefficient (Wildman–Crippen LogP) is 2.01. The van der Waals surface area contributed by atoms with E-state index in [0.29, 0.717) is 0 Å². The standard InChI is InChI=1S/C10H18N4O4/c1-9(2,3)18-8(17)14(5)6-10(4,7(15)16)12-13-11/h6H2,1-5H3,(H,15,16)/t10-/m1/s1. The van der Waals surface area contributed by atoms with Crippen LogP contribution < -0.4 is 0 Å². The molecule has 1 atom stereocenters. The monoisotopic (exact) mass is 258 g/mol. The van der Waals surface area contributed by atoms with Crippen molar-refractivity contribution in [3.8, 4) is 0 Å². The number of carbonyl (C=O) groups excluding carboxylic acids is 1.